The first-order chi connectivity index (χ1) is 25.6. The zero-order valence-electron chi connectivity index (χ0n) is 28.9. The average molecular weight is 687 g/mol. The third-order valence-electron chi connectivity index (χ3n) is 10.9. The standard InChI is InChI=1S/C46H38O6/c1-7-41-21-35-15-31-3-9-43-25-39(31)19-33-5-11-45(23-37(33)17-29(1)35)51-27-49-44-10-4-32-16-36-22-42(48-14-13-47-41)8-2-30(36)18-38-24-46(52-28-50-43)12-6-34(38)20-40(32)26-44/h1-12,21-26H,13-20,27-28H2. The molecular formula is C46H38O6. The van der Waals surface area contributed by atoms with Gasteiger partial charge in [0.2, 0.25) is 13.6 Å². The van der Waals surface area contributed by atoms with Crippen LogP contribution in [-0.4, -0.2) is 26.8 Å². The van der Waals surface area contributed by atoms with Gasteiger partial charge in [-0.1, -0.05) is 36.4 Å². The lowest BCUT2D eigenvalue weighted by molar-refractivity contribution is 0.119. The molecule has 0 amide bonds. The van der Waals surface area contributed by atoms with Crippen molar-refractivity contribution >= 4 is 0 Å². The maximum Gasteiger partial charge on any atom is 0.230 e. The van der Waals surface area contributed by atoms with Gasteiger partial charge in [0.15, 0.2) is 0 Å². The van der Waals surface area contributed by atoms with E-state index in [1.54, 1.807) is 0 Å². The first kappa shape index (κ1) is 30.9. The van der Waals surface area contributed by atoms with Crippen LogP contribution < -0.4 is 28.4 Å². The van der Waals surface area contributed by atoms with Crippen LogP contribution in [0.1, 0.15) is 66.8 Å². The van der Waals surface area contributed by atoms with Crippen LogP contribution in [-0.2, 0) is 38.5 Å². The summed E-state index contributed by atoms with van der Waals surface area (Å²) in [5.74, 6) is 4.83. The molecule has 6 aromatic rings. The molecule has 258 valence electrons. The molecule has 0 saturated carbocycles. The van der Waals surface area contributed by atoms with Crippen molar-refractivity contribution in [3.05, 3.63) is 176 Å². The Hall–Kier alpha value is -5.88. The molecule has 6 nitrogen and oxygen atoms in total. The summed E-state index contributed by atoms with van der Waals surface area (Å²) in [5.41, 5.74) is 14.9. The van der Waals surface area contributed by atoms with Gasteiger partial charge in [-0.3, -0.25) is 0 Å². The van der Waals surface area contributed by atoms with Crippen LogP contribution in [0.25, 0.3) is 0 Å². The predicted molar refractivity (Wildman–Crippen MR) is 199 cm³/mol. The quantitative estimate of drug-likeness (QED) is 0.159. The van der Waals surface area contributed by atoms with Gasteiger partial charge < -0.3 is 28.4 Å². The van der Waals surface area contributed by atoms with Crippen LogP contribution in [0.15, 0.2) is 109 Å². The highest BCUT2D eigenvalue weighted by Gasteiger charge is 2.20. The fourth-order valence-electron chi connectivity index (χ4n) is 8.06. The maximum atomic E-state index is 6.33. The highest BCUT2D eigenvalue weighted by molar-refractivity contribution is 5.52. The fourth-order valence-corrected chi connectivity index (χ4v) is 8.06. The van der Waals surface area contributed by atoms with E-state index in [4.69, 9.17) is 28.4 Å². The second-order valence-corrected chi connectivity index (χ2v) is 14.2. The summed E-state index contributed by atoms with van der Waals surface area (Å²) in [6.07, 6.45) is 4.67. The van der Waals surface area contributed by atoms with Crippen molar-refractivity contribution in [2.75, 3.05) is 26.8 Å². The van der Waals surface area contributed by atoms with Gasteiger partial charge in [-0.2, -0.15) is 0 Å². The van der Waals surface area contributed by atoms with Crippen LogP contribution >= 0.6 is 0 Å². The van der Waals surface area contributed by atoms with E-state index < -0.39 is 0 Å². The summed E-state index contributed by atoms with van der Waals surface area (Å²) in [6, 6.07) is 38.7. The van der Waals surface area contributed by atoms with E-state index in [2.05, 4.69) is 109 Å². The van der Waals surface area contributed by atoms with E-state index in [0.29, 0.717) is 13.2 Å². The number of ether oxygens (including phenoxy) is 6. The molecule has 0 N–H and O–H groups in total. The topological polar surface area (TPSA) is 55.4 Å². The SMILES string of the molecule is c1cc2c3cc1OCCOc1ccc4c(c1)Cc1ccc5cc1Cc1ccc(cc1C4)OCOc1ccc(c(c1)Cc1ccc(cc1C2)OCO5)C3. The van der Waals surface area contributed by atoms with Crippen molar-refractivity contribution in [3.63, 3.8) is 0 Å². The van der Waals surface area contributed by atoms with Crippen LogP contribution in [0.5, 0.6) is 34.5 Å². The second kappa shape index (κ2) is 13.0. The van der Waals surface area contributed by atoms with Crippen molar-refractivity contribution in [2.24, 2.45) is 0 Å². The first-order valence-electron chi connectivity index (χ1n) is 18.1. The number of hydrogen-bond donors (Lipinski definition) is 0. The predicted octanol–water partition coefficient (Wildman–Crippen LogP) is 8.77. The van der Waals surface area contributed by atoms with Crippen molar-refractivity contribution in [2.45, 2.75) is 38.5 Å². The lowest BCUT2D eigenvalue weighted by atomic mass is 9.94. The van der Waals surface area contributed by atoms with Gasteiger partial charge in [-0.15, -0.1) is 0 Å². The summed E-state index contributed by atoms with van der Waals surface area (Å²) in [7, 11) is 0. The summed E-state index contributed by atoms with van der Waals surface area (Å²) >= 11 is 0. The molecule has 6 aromatic carbocycles. The van der Waals surface area contributed by atoms with Gasteiger partial charge in [-0.05, 0) is 178 Å². The van der Waals surface area contributed by atoms with E-state index >= 15 is 0 Å². The third-order valence-corrected chi connectivity index (χ3v) is 10.9. The van der Waals surface area contributed by atoms with Crippen molar-refractivity contribution < 1.29 is 28.4 Å². The van der Waals surface area contributed by atoms with Crippen molar-refractivity contribution in [3.8, 4) is 34.5 Å². The molecule has 0 fully saturated rings. The van der Waals surface area contributed by atoms with E-state index in [1.165, 1.54) is 66.8 Å². The highest BCUT2D eigenvalue weighted by atomic mass is 16.7. The van der Waals surface area contributed by atoms with Gasteiger partial charge in [0.1, 0.15) is 47.7 Å². The van der Waals surface area contributed by atoms with Gasteiger partial charge in [-0.25, -0.2) is 0 Å². The Morgan fingerprint density at radius 3 is 0.673 bits per heavy atom. The average Bonchev–Trinajstić information content (AvgIpc) is 3.25. The Bertz CT molecular complexity index is 2170. The summed E-state index contributed by atoms with van der Waals surface area (Å²) in [4.78, 5) is 0. The molecule has 18 bridgehead atoms. The Balaban J connectivity index is 1.15. The van der Waals surface area contributed by atoms with Crippen LogP contribution in [0, 0.1) is 0 Å². The van der Waals surface area contributed by atoms with Gasteiger partial charge >= 0.3 is 0 Å². The monoisotopic (exact) mass is 686 g/mol. The smallest absolute Gasteiger partial charge is 0.230 e. The van der Waals surface area contributed by atoms with Gasteiger partial charge in [0.05, 0.1) is 0 Å². The zero-order chi connectivity index (χ0) is 34.4. The van der Waals surface area contributed by atoms with Crippen LogP contribution in [0.2, 0.25) is 0 Å². The molecule has 6 heteroatoms. The molecule has 20 rings (SSSR count). The minimum absolute atomic E-state index is 0.110. The third kappa shape index (κ3) is 6.19. The molecule has 0 aromatic heterocycles. The second-order valence-electron chi connectivity index (χ2n) is 14.2. The molecule has 2 aliphatic carbocycles. The lowest BCUT2D eigenvalue weighted by Gasteiger charge is -2.17. The van der Waals surface area contributed by atoms with Crippen molar-refractivity contribution in [1.82, 2.24) is 0 Å². The summed E-state index contributed by atoms with van der Waals surface area (Å²) in [6.45, 7) is 1.11. The summed E-state index contributed by atoms with van der Waals surface area (Å²) in [5, 5.41) is 0. The van der Waals surface area contributed by atoms with E-state index in [-0.39, 0.29) is 13.6 Å². The molecule has 12 aliphatic heterocycles. The van der Waals surface area contributed by atoms with Crippen LogP contribution in [0.4, 0.5) is 0 Å². The molecule has 0 spiro atoms. The Morgan fingerprint density at radius 1 is 0.231 bits per heavy atom. The molecule has 12 heterocycles. The van der Waals surface area contributed by atoms with Crippen molar-refractivity contribution in [1.29, 1.82) is 0 Å². The number of hydrogen-bond acceptors (Lipinski definition) is 6. The zero-order valence-corrected chi connectivity index (χ0v) is 28.9. The van der Waals surface area contributed by atoms with Gasteiger partial charge in [0, 0.05) is 0 Å². The van der Waals surface area contributed by atoms with E-state index in [9.17, 15) is 0 Å². The van der Waals surface area contributed by atoms with Crippen LogP contribution in [0.3, 0.4) is 0 Å². The normalized spacial score (nSPS) is 15.5. The first-order valence-corrected chi connectivity index (χ1v) is 18.1. The number of benzene rings is 6. The minimum Gasteiger partial charge on any atom is -0.490 e. The molecule has 52 heavy (non-hydrogen) atoms. The Labute approximate surface area is 303 Å². The summed E-state index contributed by atoms with van der Waals surface area (Å²) < 4.78 is 37.8. The highest BCUT2D eigenvalue weighted by Crippen LogP contribution is 2.35. The Kier molecular flexibility index (Phi) is 7.74. The van der Waals surface area contributed by atoms with Gasteiger partial charge in [0.25, 0.3) is 0 Å². The Morgan fingerprint density at radius 2 is 0.442 bits per heavy atom. The lowest BCUT2D eigenvalue weighted by Crippen LogP contribution is -2.10. The van der Waals surface area contributed by atoms with E-state index in [0.717, 1.165) is 73.0 Å². The molecule has 14 aliphatic rings. The number of rotatable bonds is 0. The molecule has 0 radical (unpaired) electrons. The molecular weight excluding hydrogens is 649 g/mol. The molecule has 0 atom stereocenters. The molecule has 0 unspecified atom stereocenters. The fraction of sp³-hybridized carbons (Fsp3) is 0.217. The largest absolute Gasteiger partial charge is 0.490 e. The van der Waals surface area contributed by atoms with E-state index in [1.807, 2.05) is 0 Å². The molecule has 0 saturated heterocycles. The maximum absolute atomic E-state index is 6.33. The minimum atomic E-state index is 0.110.